The van der Waals surface area contributed by atoms with E-state index in [4.69, 9.17) is 0 Å². The van der Waals surface area contributed by atoms with Gasteiger partial charge < -0.3 is 5.32 Å². The van der Waals surface area contributed by atoms with Crippen molar-refractivity contribution in [3.8, 4) is 0 Å². The van der Waals surface area contributed by atoms with Gasteiger partial charge in [-0.05, 0) is 12.1 Å². The smallest absolute Gasteiger partial charge is 0.102 e. The minimum Gasteiger partial charge on any atom is -0.379 e. The van der Waals surface area contributed by atoms with Gasteiger partial charge in [0.2, 0.25) is 0 Å². The van der Waals surface area contributed by atoms with E-state index in [0.717, 1.165) is 11.4 Å². The molecular weight excluding hydrogens is 176 g/mol. The standard InChI is InChI=1S/C10H12N4/c1-14-8-10(12-13-14)7-11-9-5-3-2-4-6-9/h2-6,8,11H,7H2,1H3. The number of hydrogen-bond donors (Lipinski definition) is 1. The van der Waals surface area contributed by atoms with Crippen LogP contribution in [-0.2, 0) is 13.6 Å². The quantitative estimate of drug-likeness (QED) is 0.792. The molecule has 1 aromatic carbocycles. The average Bonchev–Trinajstić information content (AvgIpc) is 2.63. The largest absolute Gasteiger partial charge is 0.379 e. The van der Waals surface area contributed by atoms with Crippen LogP contribution in [0.1, 0.15) is 5.69 Å². The fourth-order valence-corrected chi connectivity index (χ4v) is 1.22. The van der Waals surface area contributed by atoms with E-state index in [1.165, 1.54) is 0 Å². The summed E-state index contributed by atoms with van der Waals surface area (Å²) in [5.74, 6) is 0. The number of anilines is 1. The Balaban J connectivity index is 1.95. The van der Waals surface area contributed by atoms with Crippen molar-refractivity contribution in [2.75, 3.05) is 5.32 Å². The maximum absolute atomic E-state index is 3.98. The molecule has 0 aliphatic carbocycles. The highest BCUT2D eigenvalue weighted by molar-refractivity contribution is 5.42. The molecule has 2 rings (SSSR count). The molecule has 1 heterocycles. The molecule has 0 radical (unpaired) electrons. The van der Waals surface area contributed by atoms with Crippen molar-refractivity contribution in [1.82, 2.24) is 15.0 Å². The third-order valence-corrected chi connectivity index (χ3v) is 1.90. The molecule has 0 fully saturated rings. The molecule has 2 aromatic rings. The molecule has 0 unspecified atom stereocenters. The van der Waals surface area contributed by atoms with Crippen LogP contribution in [-0.4, -0.2) is 15.0 Å². The molecule has 72 valence electrons. The van der Waals surface area contributed by atoms with Crippen molar-refractivity contribution in [1.29, 1.82) is 0 Å². The van der Waals surface area contributed by atoms with Gasteiger partial charge >= 0.3 is 0 Å². The number of hydrogen-bond acceptors (Lipinski definition) is 3. The second kappa shape index (κ2) is 3.91. The number of aryl methyl sites for hydroxylation is 1. The zero-order chi connectivity index (χ0) is 9.80. The van der Waals surface area contributed by atoms with Crippen molar-refractivity contribution < 1.29 is 0 Å². The summed E-state index contributed by atoms with van der Waals surface area (Å²) in [6, 6.07) is 10.0. The van der Waals surface area contributed by atoms with Gasteiger partial charge in [0.15, 0.2) is 0 Å². The van der Waals surface area contributed by atoms with E-state index in [2.05, 4.69) is 15.6 Å². The number of rotatable bonds is 3. The highest BCUT2D eigenvalue weighted by Gasteiger charge is 1.96. The summed E-state index contributed by atoms with van der Waals surface area (Å²) < 4.78 is 1.70. The lowest BCUT2D eigenvalue weighted by molar-refractivity contribution is 0.713. The van der Waals surface area contributed by atoms with E-state index in [1.54, 1.807) is 4.68 Å². The minimum absolute atomic E-state index is 0.706. The number of para-hydroxylation sites is 1. The Kier molecular flexibility index (Phi) is 2.44. The first kappa shape index (κ1) is 8.74. The summed E-state index contributed by atoms with van der Waals surface area (Å²) in [4.78, 5) is 0. The normalized spacial score (nSPS) is 10.1. The summed E-state index contributed by atoms with van der Waals surface area (Å²) in [5.41, 5.74) is 2.04. The molecule has 1 aromatic heterocycles. The first-order chi connectivity index (χ1) is 6.84. The van der Waals surface area contributed by atoms with Gasteiger partial charge in [-0.1, -0.05) is 23.4 Å². The van der Waals surface area contributed by atoms with Gasteiger partial charge in [0.05, 0.1) is 6.54 Å². The van der Waals surface area contributed by atoms with Crippen LogP contribution in [0.3, 0.4) is 0 Å². The third kappa shape index (κ3) is 2.10. The van der Waals surface area contributed by atoms with Crippen molar-refractivity contribution >= 4 is 5.69 Å². The third-order valence-electron chi connectivity index (χ3n) is 1.90. The molecule has 0 aliphatic heterocycles. The van der Waals surface area contributed by atoms with E-state index >= 15 is 0 Å². The molecule has 0 saturated carbocycles. The van der Waals surface area contributed by atoms with Gasteiger partial charge in [0, 0.05) is 18.9 Å². The van der Waals surface area contributed by atoms with Gasteiger partial charge in [0.1, 0.15) is 5.69 Å². The van der Waals surface area contributed by atoms with Crippen LogP contribution in [0.25, 0.3) is 0 Å². The molecule has 0 amide bonds. The molecule has 4 nitrogen and oxygen atoms in total. The number of aromatic nitrogens is 3. The Morgan fingerprint density at radius 2 is 2.07 bits per heavy atom. The van der Waals surface area contributed by atoms with Crippen molar-refractivity contribution in [3.05, 3.63) is 42.2 Å². The fraction of sp³-hybridized carbons (Fsp3) is 0.200. The Hall–Kier alpha value is -1.84. The topological polar surface area (TPSA) is 42.7 Å². The second-order valence-corrected chi connectivity index (χ2v) is 3.10. The summed E-state index contributed by atoms with van der Waals surface area (Å²) in [6.45, 7) is 0.706. The van der Waals surface area contributed by atoms with Crippen LogP contribution in [0.2, 0.25) is 0 Å². The lowest BCUT2D eigenvalue weighted by Crippen LogP contribution is -1.99. The number of nitrogens with one attached hydrogen (secondary N) is 1. The lowest BCUT2D eigenvalue weighted by atomic mass is 10.3. The molecule has 4 heteroatoms. The highest BCUT2D eigenvalue weighted by atomic mass is 15.4. The van der Waals surface area contributed by atoms with E-state index < -0.39 is 0 Å². The van der Waals surface area contributed by atoms with Crippen molar-refractivity contribution in [2.45, 2.75) is 6.54 Å². The SMILES string of the molecule is Cn1cc(CNc2ccccc2)nn1. The molecule has 0 spiro atoms. The highest BCUT2D eigenvalue weighted by Crippen LogP contribution is 2.06. The zero-order valence-corrected chi connectivity index (χ0v) is 8.01. The Morgan fingerprint density at radius 1 is 1.29 bits per heavy atom. The summed E-state index contributed by atoms with van der Waals surface area (Å²) in [7, 11) is 1.86. The van der Waals surface area contributed by atoms with Crippen LogP contribution >= 0.6 is 0 Å². The summed E-state index contributed by atoms with van der Waals surface area (Å²) >= 11 is 0. The average molecular weight is 188 g/mol. The maximum atomic E-state index is 3.98. The van der Waals surface area contributed by atoms with Gasteiger partial charge in [0.25, 0.3) is 0 Å². The predicted molar refractivity (Wildman–Crippen MR) is 54.8 cm³/mol. The van der Waals surface area contributed by atoms with Gasteiger partial charge in [-0.15, -0.1) is 5.10 Å². The number of nitrogens with zero attached hydrogens (tertiary/aromatic N) is 3. The first-order valence-corrected chi connectivity index (χ1v) is 4.49. The lowest BCUT2D eigenvalue weighted by Gasteiger charge is -2.02. The van der Waals surface area contributed by atoms with Crippen LogP contribution in [0.15, 0.2) is 36.5 Å². The van der Waals surface area contributed by atoms with Crippen LogP contribution in [0, 0.1) is 0 Å². The summed E-state index contributed by atoms with van der Waals surface area (Å²) in [6.07, 6.45) is 1.90. The molecule has 0 bridgehead atoms. The fourth-order valence-electron chi connectivity index (χ4n) is 1.22. The molecule has 0 atom stereocenters. The van der Waals surface area contributed by atoms with Gasteiger partial charge in [-0.25, -0.2) is 0 Å². The molecular formula is C10H12N4. The Labute approximate surface area is 82.6 Å². The molecule has 0 aliphatic rings. The van der Waals surface area contributed by atoms with Crippen LogP contribution in [0.5, 0.6) is 0 Å². The van der Waals surface area contributed by atoms with Crippen LogP contribution in [0.4, 0.5) is 5.69 Å². The molecule has 0 saturated heterocycles. The molecule has 1 N–H and O–H groups in total. The Morgan fingerprint density at radius 3 is 2.71 bits per heavy atom. The number of benzene rings is 1. The minimum atomic E-state index is 0.706. The van der Waals surface area contributed by atoms with Gasteiger partial charge in [-0.3, -0.25) is 4.68 Å². The van der Waals surface area contributed by atoms with E-state index in [1.807, 2.05) is 43.6 Å². The van der Waals surface area contributed by atoms with Gasteiger partial charge in [-0.2, -0.15) is 0 Å². The predicted octanol–water partition coefficient (Wildman–Crippen LogP) is 1.43. The van der Waals surface area contributed by atoms with Crippen molar-refractivity contribution in [3.63, 3.8) is 0 Å². The maximum Gasteiger partial charge on any atom is 0.102 e. The van der Waals surface area contributed by atoms with E-state index in [9.17, 15) is 0 Å². The Bertz CT molecular complexity index is 394. The summed E-state index contributed by atoms with van der Waals surface area (Å²) in [5, 5.41) is 11.1. The molecule has 14 heavy (non-hydrogen) atoms. The van der Waals surface area contributed by atoms with Crippen molar-refractivity contribution in [2.24, 2.45) is 7.05 Å². The van der Waals surface area contributed by atoms with E-state index in [-0.39, 0.29) is 0 Å². The van der Waals surface area contributed by atoms with Crippen LogP contribution < -0.4 is 5.32 Å². The zero-order valence-electron chi connectivity index (χ0n) is 8.01. The second-order valence-electron chi connectivity index (χ2n) is 3.10. The monoisotopic (exact) mass is 188 g/mol. The van der Waals surface area contributed by atoms with E-state index in [0.29, 0.717) is 6.54 Å². The first-order valence-electron chi connectivity index (χ1n) is 4.49.